The van der Waals surface area contributed by atoms with Crippen molar-refractivity contribution >= 4 is 22.8 Å². The standard InChI is InChI=1S/C21H21F3N4O3/c1-2-31-20(30)18-15-12-27(9-6-17(15)28(26-18)10-7-21(22,23)24)19(29)14-4-3-13-5-8-25-16(13)11-14/h3-5,8,11,25H,2,6-7,9-10,12H2,1H3. The van der Waals surface area contributed by atoms with E-state index in [9.17, 15) is 22.8 Å². The number of halogens is 3. The van der Waals surface area contributed by atoms with E-state index in [1.54, 1.807) is 30.2 Å². The van der Waals surface area contributed by atoms with Gasteiger partial charge in [-0.2, -0.15) is 18.3 Å². The number of hydrogen-bond acceptors (Lipinski definition) is 4. The van der Waals surface area contributed by atoms with E-state index >= 15 is 0 Å². The van der Waals surface area contributed by atoms with E-state index in [0.29, 0.717) is 29.8 Å². The van der Waals surface area contributed by atoms with Gasteiger partial charge in [-0.25, -0.2) is 4.79 Å². The summed E-state index contributed by atoms with van der Waals surface area (Å²) in [5.74, 6) is -0.924. The van der Waals surface area contributed by atoms with Crippen molar-refractivity contribution in [2.75, 3.05) is 13.2 Å². The van der Waals surface area contributed by atoms with Crippen LogP contribution in [-0.2, 0) is 24.2 Å². The first-order chi connectivity index (χ1) is 14.8. The Labute approximate surface area is 175 Å². The number of hydrogen-bond donors (Lipinski definition) is 1. The lowest BCUT2D eigenvalue weighted by Crippen LogP contribution is -2.37. The Morgan fingerprint density at radius 2 is 2.06 bits per heavy atom. The molecule has 0 bridgehead atoms. The third-order valence-corrected chi connectivity index (χ3v) is 5.30. The third kappa shape index (κ3) is 4.28. The number of carbonyl (C=O) groups is 2. The van der Waals surface area contributed by atoms with Crippen LogP contribution in [0.3, 0.4) is 0 Å². The van der Waals surface area contributed by atoms with Gasteiger partial charge < -0.3 is 14.6 Å². The first kappa shape index (κ1) is 21.0. The number of nitrogens with one attached hydrogen (secondary N) is 1. The molecule has 0 radical (unpaired) electrons. The molecule has 1 amide bonds. The zero-order valence-electron chi connectivity index (χ0n) is 16.8. The van der Waals surface area contributed by atoms with E-state index < -0.39 is 18.6 Å². The van der Waals surface area contributed by atoms with Crippen LogP contribution in [0.15, 0.2) is 30.5 Å². The van der Waals surface area contributed by atoms with Crippen LogP contribution in [-0.4, -0.2) is 50.9 Å². The molecule has 7 nitrogen and oxygen atoms in total. The van der Waals surface area contributed by atoms with Crippen molar-refractivity contribution < 1.29 is 27.5 Å². The number of fused-ring (bicyclic) bond motifs is 2. The molecule has 164 valence electrons. The zero-order valence-corrected chi connectivity index (χ0v) is 16.8. The van der Waals surface area contributed by atoms with Crippen molar-refractivity contribution in [1.82, 2.24) is 19.7 Å². The molecule has 2 aromatic heterocycles. The van der Waals surface area contributed by atoms with E-state index in [4.69, 9.17) is 4.74 Å². The lowest BCUT2D eigenvalue weighted by Gasteiger charge is -2.28. The van der Waals surface area contributed by atoms with Gasteiger partial charge in [-0.3, -0.25) is 9.48 Å². The highest BCUT2D eigenvalue weighted by molar-refractivity contribution is 5.98. The average Bonchev–Trinajstić information content (AvgIpc) is 3.35. The maximum Gasteiger partial charge on any atom is 0.390 e. The minimum absolute atomic E-state index is 0.0312. The number of rotatable bonds is 5. The fraction of sp³-hybridized carbons (Fsp3) is 0.381. The van der Waals surface area contributed by atoms with Crippen LogP contribution in [0.2, 0.25) is 0 Å². The summed E-state index contributed by atoms with van der Waals surface area (Å²) in [6.07, 6.45) is -3.30. The maximum absolute atomic E-state index is 13.1. The number of aromatic amines is 1. The topological polar surface area (TPSA) is 80.2 Å². The summed E-state index contributed by atoms with van der Waals surface area (Å²) in [6, 6.07) is 7.23. The number of ether oxygens (including phenoxy) is 1. The van der Waals surface area contributed by atoms with E-state index in [1.165, 1.54) is 4.68 Å². The highest BCUT2D eigenvalue weighted by Gasteiger charge is 2.33. The summed E-state index contributed by atoms with van der Waals surface area (Å²) < 4.78 is 44.4. The normalized spacial score (nSPS) is 14.0. The van der Waals surface area contributed by atoms with Gasteiger partial charge in [0.05, 0.1) is 19.6 Å². The molecule has 31 heavy (non-hydrogen) atoms. The van der Waals surface area contributed by atoms with Crippen molar-refractivity contribution in [2.45, 2.75) is 39.0 Å². The van der Waals surface area contributed by atoms with Crippen LogP contribution >= 0.6 is 0 Å². The Kier molecular flexibility index (Phi) is 5.47. The minimum Gasteiger partial charge on any atom is -0.461 e. The van der Waals surface area contributed by atoms with Crippen molar-refractivity contribution in [3.05, 3.63) is 53.0 Å². The SMILES string of the molecule is CCOC(=O)c1nn(CCC(F)(F)F)c2c1CN(C(=O)c1ccc3cc[nH]c3c1)CC2. The van der Waals surface area contributed by atoms with Crippen molar-refractivity contribution in [2.24, 2.45) is 0 Å². The molecule has 0 atom stereocenters. The lowest BCUT2D eigenvalue weighted by atomic mass is 10.0. The number of aromatic nitrogens is 3. The van der Waals surface area contributed by atoms with Gasteiger partial charge in [-0.1, -0.05) is 6.07 Å². The largest absolute Gasteiger partial charge is 0.461 e. The molecule has 0 spiro atoms. The van der Waals surface area contributed by atoms with Gasteiger partial charge in [0.2, 0.25) is 0 Å². The summed E-state index contributed by atoms with van der Waals surface area (Å²) in [5.41, 5.74) is 2.27. The number of nitrogens with zero attached hydrogens (tertiary/aromatic N) is 3. The summed E-state index contributed by atoms with van der Waals surface area (Å²) in [7, 11) is 0. The third-order valence-electron chi connectivity index (χ3n) is 5.30. The van der Waals surface area contributed by atoms with Crippen LogP contribution in [0.25, 0.3) is 10.9 Å². The van der Waals surface area contributed by atoms with Crippen LogP contribution in [0.4, 0.5) is 13.2 Å². The van der Waals surface area contributed by atoms with Crippen LogP contribution in [0.5, 0.6) is 0 Å². The molecule has 10 heteroatoms. The Bertz CT molecular complexity index is 1130. The van der Waals surface area contributed by atoms with E-state index in [2.05, 4.69) is 10.1 Å². The molecule has 1 N–H and O–H groups in total. The molecule has 1 aromatic carbocycles. The first-order valence-corrected chi connectivity index (χ1v) is 9.95. The van der Waals surface area contributed by atoms with Gasteiger partial charge in [-0.15, -0.1) is 0 Å². The first-order valence-electron chi connectivity index (χ1n) is 9.95. The number of amides is 1. The molecule has 0 fully saturated rings. The average molecular weight is 434 g/mol. The summed E-state index contributed by atoms with van der Waals surface area (Å²) >= 11 is 0. The van der Waals surface area contributed by atoms with Crippen molar-refractivity contribution in [3.8, 4) is 0 Å². The van der Waals surface area contributed by atoms with Gasteiger partial charge in [0.1, 0.15) is 0 Å². The molecular formula is C21H21F3N4O3. The fourth-order valence-corrected chi connectivity index (χ4v) is 3.81. The highest BCUT2D eigenvalue weighted by atomic mass is 19.4. The number of alkyl halides is 3. The summed E-state index contributed by atoms with van der Waals surface area (Å²) in [4.78, 5) is 30.1. The second-order valence-corrected chi connectivity index (χ2v) is 7.34. The zero-order chi connectivity index (χ0) is 22.2. The Balaban J connectivity index is 1.62. The molecule has 0 saturated heterocycles. The minimum atomic E-state index is -4.34. The molecule has 3 heterocycles. The molecule has 0 saturated carbocycles. The number of carbonyl (C=O) groups excluding carboxylic acids is 2. The van der Waals surface area contributed by atoms with Crippen molar-refractivity contribution in [3.63, 3.8) is 0 Å². The molecule has 1 aliphatic heterocycles. The maximum atomic E-state index is 13.1. The lowest BCUT2D eigenvalue weighted by molar-refractivity contribution is -0.137. The van der Waals surface area contributed by atoms with E-state index in [0.717, 1.165) is 10.9 Å². The second kappa shape index (κ2) is 8.09. The highest BCUT2D eigenvalue weighted by Crippen LogP contribution is 2.27. The number of H-pyrrole nitrogens is 1. The molecule has 0 unspecified atom stereocenters. The number of benzene rings is 1. The predicted octanol–water partition coefficient (Wildman–Crippen LogP) is 3.69. The number of esters is 1. The van der Waals surface area contributed by atoms with Gasteiger partial charge in [0.25, 0.3) is 5.91 Å². The van der Waals surface area contributed by atoms with Crippen LogP contribution in [0, 0.1) is 0 Å². The van der Waals surface area contributed by atoms with E-state index in [-0.39, 0.29) is 31.3 Å². The van der Waals surface area contributed by atoms with Gasteiger partial charge >= 0.3 is 12.1 Å². The van der Waals surface area contributed by atoms with Gasteiger partial charge in [-0.05, 0) is 30.5 Å². The summed E-state index contributed by atoms with van der Waals surface area (Å²) in [5, 5.41) is 5.09. The van der Waals surface area contributed by atoms with Crippen LogP contribution in [0.1, 0.15) is 45.4 Å². The Morgan fingerprint density at radius 3 is 2.81 bits per heavy atom. The molecular weight excluding hydrogens is 413 g/mol. The quantitative estimate of drug-likeness (QED) is 0.621. The molecule has 0 aliphatic carbocycles. The Hall–Kier alpha value is -3.30. The van der Waals surface area contributed by atoms with Crippen LogP contribution < -0.4 is 0 Å². The second-order valence-electron chi connectivity index (χ2n) is 7.34. The van der Waals surface area contributed by atoms with Gasteiger partial charge in [0.15, 0.2) is 5.69 Å². The molecule has 1 aliphatic rings. The number of aryl methyl sites for hydroxylation is 1. The molecule has 3 aromatic rings. The smallest absolute Gasteiger partial charge is 0.390 e. The summed E-state index contributed by atoms with van der Waals surface area (Å²) in [6.45, 7) is 1.76. The molecule has 4 rings (SSSR count). The predicted molar refractivity (Wildman–Crippen MR) is 106 cm³/mol. The fourth-order valence-electron chi connectivity index (χ4n) is 3.81. The monoisotopic (exact) mass is 434 g/mol. The van der Waals surface area contributed by atoms with E-state index in [1.807, 2.05) is 12.1 Å². The Morgan fingerprint density at radius 1 is 1.26 bits per heavy atom. The van der Waals surface area contributed by atoms with Crippen molar-refractivity contribution in [1.29, 1.82) is 0 Å². The van der Waals surface area contributed by atoms with Gasteiger partial charge in [0, 0.05) is 48.0 Å².